The lowest BCUT2D eigenvalue weighted by Crippen LogP contribution is -2.49. The van der Waals surface area contributed by atoms with E-state index in [1.165, 1.54) is 6.42 Å². The SMILES string of the molecule is COC1(C)CCCN(CCCCC(C)(N)C(N)=O)C1. The van der Waals surface area contributed by atoms with Gasteiger partial charge in [-0.1, -0.05) is 0 Å². The van der Waals surface area contributed by atoms with Gasteiger partial charge in [0.05, 0.1) is 11.1 Å². The normalized spacial score (nSPS) is 28.0. The molecule has 0 aliphatic carbocycles. The zero-order valence-corrected chi connectivity index (χ0v) is 12.6. The zero-order chi connectivity index (χ0) is 14.5. The summed E-state index contributed by atoms with van der Waals surface area (Å²) in [5.74, 6) is -0.419. The van der Waals surface area contributed by atoms with Crippen LogP contribution < -0.4 is 11.5 Å². The molecular weight excluding hydrogens is 242 g/mol. The summed E-state index contributed by atoms with van der Waals surface area (Å²) in [7, 11) is 1.79. The summed E-state index contributed by atoms with van der Waals surface area (Å²) in [6.07, 6.45) is 4.93. The third-order valence-electron chi connectivity index (χ3n) is 4.21. The van der Waals surface area contributed by atoms with E-state index in [1.54, 1.807) is 14.0 Å². The van der Waals surface area contributed by atoms with Crippen LogP contribution in [0.2, 0.25) is 0 Å². The Labute approximate surface area is 116 Å². The molecule has 2 unspecified atom stereocenters. The Morgan fingerprint density at radius 2 is 2.16 bits per heavy atom. The molecule has 2 atom stereocenters. The van der Waals surface area contributed by atoms with Crippen molar-refractivity contribution < 1.29 is 9.53 Å². The molecule has 0 spiro atoms. The van der Waals surface area contributed by atoms with Crippen LogP contribution in [0.3, 0.4) is 0 Å². The van der Waals surface area contributed by atoms with Crippen molar-refractivity contribution in [3.05, 3.63) is 0 Å². The minimum Gasteiger partial charge on any atom is -0.377 e. The molecule has 5 heteroatoms. The van der Waals surface area contributed by atoms with Gasteiger partial charge in [0.1, 0.15) is 0 Å². The predicted octanol–water partition coefficient (Wildman–Crippen LogP) is 0.860. The van der Waals surface area contributed by atoms with Crippen LogP contribution in [0.4, 0.5) is 0 Å². The smallest absolute Gasteiger partial charge is 0.237 e. The van der Waals surface area contributed by atoms with Gasteiger partial charge < -0.3 is 21.1 Å². The van der Waals surface area contributed by atoms with Gasteiger partial charge in [0.25, 0.3) is 0 Å². The number of nitrogens with two attached hydrogens (primary N) is 2. The van der Waals surface area contributed by atoms with Crippen molar-refractivity contribution in [3.8, 4) is 0 Å². The second-order valence-electron chi connectivity index (χ2n) is 6.27. The molecule has 0 radical (unpaired) electrons. The molecule has 1 aliphatic heterocycles. The molecule has 0 aromatic heterocycles. The maximum absolute atomic E-state index is 11.1. The molecule has 112 valence electrons. The van der Waals surface area contributed by atoms with E-state index in [4.69, 9.17) is 16.2 Å². The van der Waals surface area contributed by atoms with Gasteiger partial charge >= 0.3 is 0 Å². The van der Waals surface area contributed by atoms with Crippen LogP contribution in [0.15, 0.2) is 0 Å². The highest BCUT2D eigenvalue weighted by Crippen LogP contribution is 2.24. The van der Waals surface area contributed by atoms with Gasteiger partial charge in [0, 0.05) is 13.7 Å². The zero-order valence-electron chi connectivity index (χ0n) is 12.6. The lowest BCUT2D eigenvalue weighted by molar-refractivity contribution is -0.122. The number of primary amides is 1. The van der Waals surface area contributed by atoms with Crippen LogP contribution in [0.25, 0.3) is 0 Å². The van der Waals surface area contributed by atoms with E-state index in [0.717, 1.165) is 38.9 Å². The fourth-order valence-corrected chi connectivity index (χ4v) is 2.62. The largest absolute Gasteiger partial charge is 0.377 e. The molecular formula is C14H29N3O2. The van der Waals surface area contributed by atoms with Gasteiger partial charge in [0.15, 0.2) is 0 Å². The van der Waals surface area contributed by atoms with E-state index < -0.39 is 11.4 Å². The van der Waals surface area contributed by atoms with Crippen molar-refractivity contribution in [1.82, 2.24) is 4.90 Å². The summed E-state index contributed by atoms with van der Waals surface area (Å²) in [5.41, 5.74) is 10.2. The molecule has 1 rings (SSSR count). The monoisotopic (exact) mass is 271 g/mol. The number of methoxy groups -OCH3 is 1. The number of hydrogen-bond acceptors (Lipinski definition) is 4. The Kier molecular flexibility index (Phi) is 5.77. The topological polar surface area (TPSA) is 81.6 Å². The van der Waals surface area contributed by atoms with Gasteiger partial charge in [-0.2, -0.15) is 0 Å². The first-order valence-corrected chi connectivity index (χ1v) is 7.15. The second kappa shape index (κ2) is 6.68. The average molecular weight is 271 g/mol. The fourth-order valence-electron chi connectivity index (χ4n) is 2.62. The molecule has 1 heterocycles. The second-order valence-corrected chi connectivity index (χ2v) is 6.27. The number of piperidine rings is 1. The van der Waals surface area contributed by atoms with Gasteiger partial charge in [-0.15, -0.1) is 0 Å². The molecule has 1 amide bonds. The number of carbonyl (C=O) groups is 1. The highest BCUT2D eigenvalue weighted by Gasteiger charge is 2.30. The number of carbonyl (C=O) groups excluding carboxylic acids is 1. The van der Waals surface area contributed by atoms with Crippen LogP contribution in [0, 0.1) is 0 Å². The molecule has 0 bridgehead atoms. The van der Waals surface area contributed by atoms with E-state index in [0.29, 0.717) is 6.42 Å². The lowest BCUT2D eigenvalue weighted by Gasteiger charge is -2.39. The lowest BCUT2D eigenvalue weighted by atomic mass is 9.93. The molecule has 0 saturated carbocycles. The summed E-state index contributed by atoms with van der Waals surface area (Å²) >= 11 is 0. The predicted molar refractivity (Wildman–Crippen MR) is 76.7 cm³/mol. The summed E-state index contributed by atoms with van der Waals surface area (Å²) < 4.78 is 5.58. The number of unbranched alkanes of at least 4 members (excludes halogenated alkanes) is 1. The number of amides is 1. The Morgan fingerprint density at radius 3 is 2.74 bits per heavy atom. The maximum atomic E-state index is 11.1. The highest BCUT2D eigenvalue weighted by molar-refractivity contribution is 5.83. The molecule has 1 saturated heterocycles. The van der Waals surface area contributed by atoms with Crippen molar-refractivity contribution in [2.45, 2.75) is 57.1 Å². The van der Waals surface area contributed by atoms with Crippen LogP contribution in [-0.4, -0.2) is 48.7 Å². The fraction of sp³-hybridized carbons (Fsp3) is 0.929. The van der Waals surface area contributed by atoms with Crippen LogP contribution >= 0.6 is 0 Å². The molecule has 0 aromatic rings. The molecule has 0 aromatic carbocycles. The summed E-state index contributed by atoms with van der Waals surface area (Å²) in [6.45, 7) is 7.03. The first-order valence-electron chi connectivity index (χ1n) is 7.15. The van der Waals surface area contributed by atoms with E-state index in [1.807, 2.05) is 0 Å². The van der Waals surface area contributed by atoms with Crippen LogP contribution in [-0.2, 0) is 9.53 Å². The highest BCUT2D eigenvalue weighted by atomic mass is 16.5. The summed E-state index contributed by atoms with van der Waals surface area (Å²) in [5, 5.41) is 0. The van der Waals surface area contributed by atoms with Crippen molar-refractivity contribution in [2.24, 2.45) is 11.5 Å². The average Bonchev–Trinajstić information content (AvgIpc) is 2.35. The first kappa shape index (κ1) is 16.4. The van der Waals surface area contributed by atoms with Crippen molar-refractivity contribution >= 4 is 5.91 Å². The van der Waals surface area contributed by atoms with Crippen molar-refractivity contribution in [1.29, 1.82) is 0 Å². The molecule has 19 heavy (non-hydrogen) atoms. The van der Waals surface area contributed by atoms with Crippen molar-refractivity contribution in [2.75, 3.05) is 26.7 Å². The Hall–Kier alpha value is -0.650. The number of hydrogen-bond donors (Lipinski definition) is 2. The van der Waals surface area contributed by atoms with Crippen molar-refractivity contribution in [3.63, 3.8) is 0 Å². The Bertz CT molecular complexity index is 307. The molecule has 5 nitrogen and oxygen atoms in total. The Balaban J connectivity index is 2.25. The van der Waals surface area contributed by atoms with Crippen LogP contribution in [0.1, 0.15) is 46.0 Å². The number of likely N-dealkylation sites (tertiary alicyclic amines) is 1. The Morgan fingerprint density at radius 1 is 1.47 bits per heavy atom. The van der Waals surface area contributed by atoms with E-state index >= 15 is 0 Å². The standard InChI is InChI=1S/C14H29N3O2/c1-13(19-3)7-6-10-17(11-13)9-5-4-8-14(2,16)12(15)18/h4-11,16H2,1-3H3,(H2,15,18). The first-order chi connectivity index (χ1) is 8.79. The molecule has 4 N–H and O–H groups in total. The third-order valence-corrected chi connectivity index (χ3v) is 4.21. The quantitative estimate of drug-likeness (QED) is 0.673. The minimum atomic E-state index is -0.872. The van der Waals surface area contributed by atoms with Gasteiger partial charge in [-0.05, 0) is 59.0 Å². The maximum Gasteiger partial charge on any atom is 0.237 e. The summed E-state index contributed by atoms with van der Waals surface area (Å²) in [4.78, 5) is 13.5. The van der Waals surface area contributed by atoms with Gasteiger partial charge in [0.2, 0.25) is 5.91 Å². The van der Waals surface area contributed by atoms with Gasteiger partial charge in [-0.3, -0.25) is 4.79 Å². The number of ether oxygens (including phenoxy) is 1. The van der Waals surface area contributed by atoms with E-state index in [2.05, 4.69) is 11.8 Å². The molecule has 1 fully saturated rings. The van der Waals surface area contributed by atoms with Crippen LogP contribution in [0.5, 0.6) is 0 Å². The van der Waals surface area contributed by atoms with Gasteiger partial charge in [-0.25, -0.2) is 0 Å². The molecule has 1 aliphatic rings. The minimum absolute atomic E-state index is 0.00609. The third kappa shape index (κ3) is 5.09. The van der Waals surface area contributed by atoms with E-state index in [-0.39, 0.29) is 5.60 Å². The summed E-state index contributed by atoms with van der Waals surface area (Å²) in [6, 6.07) is 0. The number of rotatable bonds is 7. The van der Waals surface area contributed by atoms with E-state index in [9.17, 15) is 4.79 Å². The number of nitrogens with zero attached hydrogens (tertiary/aromatic N) is 1.